The third-order valence-corrected chi connectivity index (χ3v) is 2.73. The molecule has 6 heteroatoms. The molecule has 1 aromatic heterocycles. The number of aromatic nitrogens is 2. The Labute approximate surface area is 115 Å². The van der Waals surface area contributed by atoms with Crippen LogP contribution in [0.25, 0.3) is 0 Å². The van der Waals surface area contributed by atoms with Gasteiger partial charge in [-0.1, -0.05) is 30.3 Å². The van der Waals surface area contributed by atoms with Crippen LogP contribution in [0, 0.1) is 0 Å². The van der Waals surface area contributed by atoms with E-state index >= 15 is 0 Å². The van der Waals surface area contributed by atoms with Gasteiger partial charge in [0.15, 0.2) is 0 Å². The van der Waals surface area contributed by atoms with Crippen LogP contribution in [0.4, 0.5) is 0 Å². The van der Waals surface area contributed by atoms with Gasteiger partial charge in [-0.25, -0.2) is 4.79 Å². The lowest BCUT2D eigenvalue weighted by Crippen LogP contribution is -2.42. The molecule has 1 aromatic carbocycles. The molecule has 0 fully saturated rings. The first-order chi connectivity index (χ1) is 9.66. The van der Waals surface area contributed by atoms with Crippen LogP contribution in [-0.4, -0.2) is 33.2 Å². The highest BCUT2D eigenvalue weighted by atomic mass is 16.4. The van der Waals surface area contributed by atoms with Crippen LogP contribution in [-0.2, 0) is 11.2 Å². The Bertz CT molecular complexity index is 587. The number of carboxylic acids is 1. The van der Waals surface area contributed by atoms with Crippen molar-refractivity contribution in [1.29, 1.82) is 0 Å². The summed E-state index contributed by atoms with van der Waals surface area (Å²) in [4.78, 5) is 23.1. The smallest absolute Gasteiger partial charge is 0.326 e. The number of hydrogen-bond donors (Lipinski definition) is 2. The molecule has 0 radical (unpaired) electrons. The first kappa shape index (κ1) is 13.7. The summed E-state index contributed by atoms with van der Waals surface area (Å²) in [6, 6.07) is 9.61. The van der Waals surface area contributed by atoms with E-state index < -0.39 is 17.9 Å². The molecular weight excluding hydrogens is 258 g/mol. The molecule has 1 amide bonds. The van der Waals surface area contributed by atoms with Crippen LogP contribution in [0.1, 0.15) is 15.9 Å². The zero-order valence-corrected chi connectivity index (χ0v) is 10.6. The molecule has 0 aliphatic carbocycles. The second kappa shape index (κ2) is 6.42. The van der Waals surface area contributed by atoms with Gasteiger partial charge in [0, 0.05) is 6.42 Å². The van der Waals surface area contributed by atoms with Crippen molar-refractivity contribution in [3.63, 3.8) is 0 Å². The largest absolute Gasteiger partial charge is 0.480 e. The fourth-order valence-corrected chi connectivity index (χ4v) is 1.72. The molecule has 6 nitrogen and oxygen atoms in total. The zero-order chi connectivity index (χ0) is 14.4. The fraction of sp³-hybridized carbons (Fsp3) is 0.143. The second-order valence-corrected chi connectivity index (χ2v) is 4.19. The average molecular weight is 271 g/mol. The quantitative estimate of drug-likeness (QED) is 0.843. The molecule has 0 aliphatic heterocycles. The van der Waals surface area contributed by atoms with Crippen molar-refractivity contribution < 1.29 is 14.7 Å². The lowest BCUT2D eigenvalue weighted by atomic mass is 10.1. The fourth-order valence-electron chi connectivity index (χ4n) is 1.72. The van der Waals surface area contributed by atoms with Crippen molar-refractivity contribution in [1.82, 2.24) is 15.5 Å². The summed E-state index contributed by atoms with van der Waals surface area (Å²) in [6.07, 6.45) is 2.89. The number of carbonyl (C=O) groups is 2. The Balaban J connectivity index is 2.07. The number of nitrogens with zero attached hydrogens (tertiary/aromatic N) is 2. The van der Waals surface area contributed by atoms with Crippen molar-refractivity contribution in [2.45, 2.75) is 12.5 Å². The van der Waals surface area contributed by atoms with E-state index in [1.54, 1.807) is 0 Å². The van der Waals surface area contributed by atoms with Gasteiger partial charge in [0.25, 0.3) is 5.91 Å². The van der Waals surface area contributed by atoms with Gasteiger partial charge >= 0.3 is 5.97 Å². The number of carboxylic acid groups (broad SMARTS) is 1. The van der Waals surface area contributed by atoms with E-state index in [1.165, 1.54) is 18.5 Å². The Morgan fingerprint density at radius 3 is 2.50 bits per heavy atom. The zero-order valence-electron chi connectivity index (χ0n) is 10.6. The molecule has 1 atom stereocenters. The molecular formula is C14H13N3O3. The number of benzene rings is 1. The number of rotatable bonds is 5. The molecule has 0 bridgehead atoms. The molecule has 20 heavy (non-hydrogen) atoms. The van der Waals surface area contributed by atoms with E-state index in [1.807, 2.05) is 30.3 Å². The molecule has 2 rings (SSSR count). The topological polar surface area (TPSA) is 92.2 Å². The van der Waals surface area contributed by atoms with Crippen LogP contribution >= 0.6 is 0 Å². The maximum absolute atomic E-state index is 11.9. The molecule has 2 N–H and O–H groups in total. The lowest BCUT2D eigenvalue weighted by Gasteiger charge is -2.14. The van der Waals surface area contributed by atoms with Crippen molar-refractivity contribution in [2.75, 3.05) is 0 Å². The van der Waals surface area contributed by atoms with Gasteiger partial charge < -0.3 is 10.4 Å². The Morgan fingerprint density at radius 2 is 1.90 bits per heavy atom. The molecule has 0 spiro atoms. The van der Waals surface area contributed by atoms with Crippen LogP contribution in [0.2, 0.25) is 0 Å². The van der Waals surface area contributed by atoms with Crippen LogP contribution in [0.5, 0.6) is 0 Å². The first-order valence-corrected chi connectivity index (χ1v) is 6.01. The van der Waals surface area contributed by atoms with Crippen molar-refractivity contribution in [3.8, 4) is 0 Å². The summed E-state index contributed by atoms with van der Waals surface area (Å²) in [7, 11) is 0. The van der Waals surface area contributed by atoms with Crippen LogP contribution in [0.3, 0.4) is 0 Å². The summed E-state index contributed by atoms with van der Waals surface area (Å²) in [6.45, 7) is 0. The Hall–Kier alpha value is -2.76. The molecule has 2 aromatic rings. The van der Waals surface area contributed by atoms with E-state index in [0.717, 1.165) is 5.56 Å². The maximum atomic E-state index is 11.9. The van der Waals surface area contributed by atoms with Gasteiger partial charge in [-0.2, -0.15) is 10.2 Å². The highest BCUT2D eigenvalue weighted by Gasteiger charge is 2.21. The van der Waals surface area contributed by atoms with E-state index in [0.29, 0.717) is 0 Å². The molecule has 0 aliphatic rings. The summed E-state index contributed by atoms with van der Waals surface area (Å²) < 4.78 is 0. The van der Waals surface area contributed by atoms with E-state index in [2.05, 4.69) is 15.5 Å². The second-order valence-electron chi connectivity index (χ2n) is 4.19. The highest BCUT2D eigenvalue weighted by molar-refractivity contribution is 5.96. The number of hydrogen-bond acceptors (Lipinski definition) is 4. The minimum atomic E-state index is -1.08. The molecule has 1 heterocycles. The summed E-state index contributed by atoms with van der Waals surface area (Å²) in [5.74, 6) is -1.56. The summed E-state index contributed by atoms with van der Waals surface area (Å²) in [5, 5.41) is 18.8. The van der Waals surface area contributed by atoms with Crippen LogP contribution in [0.15, 0.2) is 48.8 Å². The predicted molar refractivity (Wildman–Crippen MR) is 71.1 cm³/mol. The van der Waals surface area contributed by atoms with Gasteiger partial charge in [-0.15, -0.1) is 0 Å². The Kier molecular flexibility index (Phi) is 4.39. The number of aliphatic carboxylic acids is 1. The van der Waals surface area contributed by atoms with Crippen LogP contribution < -0.4 is 5.32 Å². The van der Waals surface area contributed by atoms with Gasteiger partial charge in [0.05, 0.1) is 18.0 Å². The number of amides is 1. The number of nitrogens with one attached hydrogen (secondary N) is 1. The maximum Gasteiger partial charge on any atom is 0.326 e. The summed E-state index contributed by atoms with van der Waals surface area (Å²) >= 11 is 0. The van der Waals surface area contributed by atoms with Crippen molar-refractivity contribution in [3.05, 3.63) is 59.9 Å². The van der Waals surface area contributed by atoms with Crippen molar-refractivity contribution >= 4 is 11.9 Å². The molecule has 0 saturated heterocycles. The minimum Gasteiger partial charge on any atom is -0.480 e. The summed E-state index contributed by atoms with van der Waals surface area (Å²) in [5.41, 5.74) is 1.12. The monoisotopic (exact) mass is 271 g/mol. The third-order valence-electron chi connectivity index (χ3n) is 2.73. The Morgan fingerprint density at radius 1 is 1.15 bits per heavy atom. The highest BCUT2D eigenvalue weighted by Crippen LogP contribution is 2.04. The first-order valence-electron chi connectivity index (χ1n) is 6.01. The minimum absolute atomic E-state index is 0.223. The van der Waals surface area contributed by atoms with Crippen molar-refractivity contribution in [2.24, 2.45) is 0 Å². The van der Waals surface area contributed by atoms with E-state index in [-0.39, 0.29) is 12.0 Å². The predicted octanol–water partition coefficient (Wildman–Crippen LogP) is 0.902. The van der Waals surface area contributed by atoms with E-state index in [9.17, 15) is 14.7 Å². The van der Waals surface area contributed by atoms with Gasteiger partial charge in [0.2, 0.25) is 0 Å². The van der Waals surface area contributed by atoms with Gasteiger partial charge in [0.1, 0.15) is 6.04 Å². The standard InChI is InChI=1S/C14H13N3O3/c18-13(11-6-7-15-16-9-11)17-12(14(19)20)8-10-4-2-1-3-5-10/h1-7,9,12H,8H2,(H,17,18)(H,19,20)/t12-/m1/s1. The average Bonchev–Trinajstić information content (AvgIpc) is 2.48. The molecule has 0 unspecified atom stereocenters. The van der Waals surface area contributed by atoms with Gasteiger partial charge in [-0.3, -0.25) is 4.79 Å². The van der Waals surface area contributed by atoms with Gasteiger partial charge in [-0.05, 0) is 11.6 Å². The lowest BCUT2D eigenvalue weighted by molar-refractivity contribution is -0.139. The van der Waals surface area contributed by atoms with E-state index in [4.69, 9.17) is 0 Å². The number of carbonyl (C=O) groups excluding carboxylic acids is 1. The normalized spacial score (nSPS) is 11.6. The molecule has 0 saturated carbocycles. The SMILES string of the molecule is O=C(N[C@H](Cc1ccccc1)C(=O)O)c1ccnnc1. The third kappa shape index (κ3) is 3.61. The molecule has 102 valence electrons.